The zero-order valence-corrected chi connectivity index (χ0v) is 11.2. The lowest BCUT2D eigenvalue weighted by Gasteiger charge is -2.05. The molecule has 0 N–H and O–H groups in total. The highest BCUT2D eigenvalue weighted by molar-refractivity contribution is 5.44. The Morgan fingerprint density at radius 1 is 1.29 bits per heavy atom. The van der Waals surface area contributed by atoms with Crippen molar-refractivity contribution in [3.05, 3.63) is 64.0 Å². The minimum Gasteiger partial charge on any atom is -0.332 e. The van der Waals surface area contributed by atoms with E-state index in [1.165, 1.54) is 28.9 Å². The summed E-state index contributed by atoms with van der Waals surface area (Å²) in [4.78, 5) is 15.9. The van der Waals surface area contributed by atoms with Gasteiger partial charge < -0.3 is 4.52 Å². The maximum absolute atomic E-state index is 13.2. The monoisotopic (exact) mass is 286 g/mol. The van der Waals surface area contributed by atoms with Crippen molar-refractivity contribution >= 4 is 0 Å². The molecule has 0 bridgehead atoms. The molecule has 0 saturated carbocycles. The van der Waals surface area contributed by atoms with Gasteiger partial charge in [0.1, 0.15) is 11.5 Å². The Bertz CT molecular complexity index is 841. The highest BCUT2D eigenvalue weighted by Gasteiger charge is 2.10. The summed E-state index contributed by atoms with van der Waals surface area (Å²) in [5.74, 6) is 0.361. The van der Waals surface area contributed by atoms with Crippen LogP contribution in [0.4, 0.5) is 4.39 Å². The molecule has 6 nitrogen and oxygen atoms in total. The second-order valence-electron chi connectivity index (χ2n) is 4.49. The van der Waals surface area contributed by atoms with Crippen LogP contribution in [0.15, 0.2) is 45.7 Å². The van der Waals surface area contributed by atoms with E-state index in [4.69, 9.17) is 4.52 Å². The van der Waals surface area contributed by atoms with Crippen molar-refractivity contribution in [2.45, 2.75) is 13.5 Å². The van der Waals surface area contributed by atoms with Gasteiger partial charge in [0.05, 0.1) is 6.54 Å². The molecule has 7 heteroatoms. The number of aromatic nitrogens is 4. The summed E-state index contributed by atoms with van der Waals surface area (Å²) in [6.07, 6.45) is 0. The molecule has 0 radical (unpaired) electrons. The summed E-state index contributed by atoms with van der Waals surface area (Å²) >= 11 is 0. The van der Waals surface area contributed by atoms with Crippen LogP contribution in [0.25, 0.3) is 11.6 Å². The quantitative estimate of drug-likeness (QED) is 0.734. The number of benzene rings is 1. The third-order valence-corrected chi connectivity index (χ3v) is 2.83. The maximum atomic E-state index is 13.2. The predicted molar refractivity (Wildman–Crippen MR) is 72.0 cm³/mol. The first-order valence-corrected chi connectivity index (χ1v) is 6.25. The average molecular weight is 286 g/mol. The zero-order valence-electron chi connectivity index (χ0n) is 11.2. The van der Waals surface area contributed by atoms with Crippen molar-refractivity contribution in [2.24, 2.45) is 0 Å². The molecule has 21 heavy (non-hydrogen) atoms. The van der Waals surface area contributed by atoms with Gasteiger partial charge in [0.25, 0.3) is 11.4 Å². The minimum absolute atomic E-state index is 0.164. The molecule has 0 unspecified atom stereocenters. The van der Waals surface area contributed by atoms with Gasteiger partial charge in [-0.05, 0) is 30.7 Å². The molecule has 3 rings (SSSR count). The Morgan fingerprint density at radius 3 is 2.86 bits per heavy atom. The average Bonchev–Trinajstić information content (AvgIpc) is 2.88. The Morgan fingerprint density at radius 2 is 2.14 bits per heavy atom. The SMILES string of the molecule is Cc1noc(-c2ccc(=O)n(Cc3cccc(F)c3)n2)n1. The Kier molecular flexibility index (Phi) is 3.31. The molecule has 106 valence electrons. The highest BCUT2D eigenvalue weighted by Crippen LogP contribution is 2.12. The second kappa shape index (κ2) is 5.28. The molecule has 0 aliphatic carbocycles. The van der Waals surface area contributed by atoms with Crippen LogP contribution in [0.2, 0.25) is 0 Å². The first kappa shape index (κ1) is 13.2. The number of aryl methyl sites for hydroxylation is 1. The van der Waals surface area contributed by atoms with E-state index in [1.807, 2.05) is 0 Å². The molecule has 2 heterocycles. The van der Waals surface area contributed by atoms with Crippen molar-refractivity contribution in [1.82, 2.24) is 19.9 Å². The van der Waals surface area contributed by atoms with Crippen LogP contribution in [0.3, 0.4) is 0 Å². The predicted octanol–water partition coefficient (Wildman–Crippen LogP) is 1.79. The molecule has 0 spiro atoms. The van der Waals surface area contributed by atoms with E-state index in [2.05, 4.69) is 15.2 Å². The molecule has 0 atom stereocenters. The van der Waals surface area contributed by atoms with E-state index in [0.717, 1.165) is 0 Å². The molecule has 3 aromatic rings. The first-order valence-electron chi connectivity index (χ1n) is 6.25. The van der Waals surface area contributed by atoms with Gasteiger partial charge in [-0.3, -0.25) is 4.79 Å². The summed E-state index contributed by atoms with van der Waals surface area (Å²) in [7, 11) is 0. The number of hydrogen-bond acceptors (Lipinski definition) is 5. The van der Waals surface area contributed by atoms with E-state index in [1.54, 1.807) is 19.1 Å². The molecule has 2 aromatic heterocycles. The lowest BCUT2D eigenvalue weighted by Crippen LogP contribution is -2.22. The normalized spacial score (nSPS) is 10.8. The van der Waals surface area contributed by atoms with Crippen molar-refractivity contribution in [3.63, 3.8) is 0 Å². The number of nitrogens with zero attached hydrogens (tertiary/aromatic N) is 4. The summed E-state index contributed by atoms with van der Waals surface area (Å²) in [6.45, 7) is 1.85. The molecule has 0 saturated heterocycles. The van der Waals surface area contributed by atoms with Gasteiger partial charge >= 0.3 is 0 Å². The maximum Gasteiger partial charge on any atom is 0.278 e. The van der Waals surface area contributed by atoms with E-state index in [-0.39, 0.29) is 23.8 Å². The summed E-state index contributed by atoms with van der Waals surface area (Å²) < 4.78 is 19.4. The van der Waals surface area contributed by atoms with E-state index >= 15 is 0 Å². The van der Waals surface area contributed by atoms with Crippen molar-refractivity contribution in [3.8, 4) is 11.6 Å². The standard InChI is InChI=1S/C14H11FN4O2/c1-9-16-14(21-18-9)12-5-6-13(20)19(17-12)8-10-3-2-4-11(15)7-10/h2-7H,8H2,1H3. The van der Waals surface area contributed by atoms with Crippen LogP contribution >= 0.6 is 0 Å². The Hall–Kier alpha value is -2.83. The smallest absolute Gasteiger partial charge is 0.278 e. The van der Waals surface area contributed by atoms with Gasteiger partial charge in [0.15, 0.2) is 5.82 Å². The van der Waals surface area contributed by atoms with E-state index in [0.29, 0.717) is 17.1 Å². The zero-order chi connectivity index (χ0) is 14.8. The number of rotatable bonds is 3. The van der Waals surface area contributed by atoms with Gasteiger partial charge in [0.2, 0.25) is 0 Å². The van der Waals surface area contributed by atoms with Crippen molar-refractivity contribution in [2.75, 3.05) is 0 Å². The van der Waals surface area contributed by atoms with Gasteiger partial charge in [-0.15, -0.1) is 0 Å². The van der Waals surface area contributed by atoms with E-state index in [9.17, 15) is 9.18 Å². The van der Waals surface area contributed by atoms with E-state index < -0.39 is 0 Å². The van der Waals surface area contributed by atoms with Crippen LogP contribution in [0.1, 0.15) is 11.4 Å². The van der Waals surface area contributed by atoms with Crippen molar-refractivity contribution in [1.29, 1.82) is 0 Å². The van der Waals surface area contributed by atoms with Crippen LogP contribution in [-0.4, -0.2) is 19.9 Å². The highest BCUT2D eigenvalue weighted by atomic mass is 19.1. The van der Waals surface area contributed by atoms with Crippen LogP contribution < -0.4 is 5.56 Å². The summed E-state index contributed by atoms with van der Waals surface area (Å²) in [6, 6.07) is 8.88. The molecule has 1 aromatic carbocycles. The lowest BCUT2D eigenvalue weighted by atomic mass is 10.2. The van der Waals surface area contributed by atoms with Crippen LogP contribution in [-0.2, 0) is 6.54 Å². The van der Waals surface area contributed by atoms with Gasteiger partial charge in [-0.25, -0.2) is 9.07 Å². The van der Waals surface area contributed by atoms with Gasteiger partial charge in [0, 0.05) is 6.07 Å². The number of halogens is 1. The molecular weight excluding hydrogens is 275 g/mol. The van der Waals surface area contributed by atoms with Gasteiger partial charge in [-0.2, -0.15) is 10.1 Å². The second-order valence-corrected chi connectivity index (χ2v) is 4.49. The third-order valence-electron chi connectivity index (χ3n) is 2.83. The Balaban J connectivity index is 1.97. The minimum atomic E-state index is -0.357. The molecule has 0 amide bonds. The molecule has 0 fully saturated rings. The fourth-order valence-corrected chi connectivity index (χ4v) is 1.89. The third kappa shape index (κ3) is 2.86. The fraction of sp³-hybridized carbons (Fsp3) is 0.143. The Labute approximate surface area is 118 Å². The van der Waals surface area contributed by atoms with Gasteiger partial charge in [-0.1, -0.05) is 17.3 Å². The molecule has 0 aliphatic heterocycles. The lowest BCUT2D eigenvalue weighted by molar-refractivity contribution is 0.422. The topological polar surface area (TPSA) is 73.8 Å². The van der Waals surface area contributed by atoms with Crippen LogP contribution in [0, 0.1) is 12.7 Å². The summed E-state index contributed by atoms with van der Waals surface area (Å²) in [5.41, 5.74) is 0.745. The number of hydrogen-bond donors (Lipinski definition) is 0. The largest absolute Gasteiger partial charge is 0.332 e. The van der Waals surface area contributed by atoms with Crippen molar-refractivity contribution < 1.29 is 8.91 Å². The first-order chi connectivity index (χ1) is 10.1. The van der Waals surface area contributed by atoms with Crippen LogP contribution in [0.5, 0.6) is 0 Å². The summed E-state index contributed by atoms with van der Waals surface area (Å²) in [5, 5.41) is 7.84. The molecule has 0 aliphatic rings. The fourth-order valence-electron chi connectivity index (χ4n) is 1.89. The molecular formula is C14H11FN4O2.